The molecule has 3 rings (SSSR count). The Morgan fingerprint density at radius 2 is 2.31 bits per heavy atom. The summed E-state index contributed by atoms with van der Waals surface area (Å²) in [6.07, 6.45) is 6.68. The molecule has 16 heavy (non-hydrogen) atoms. The maximum atomic E-state index is 9.82. The van der Waals surface area contributed by atoms with Crippen molar-refractivity contribution in [3.63, 3.8) is 0 Å². The third-order valence-corrected chi connectivity index (χ3v) is 4.02. The van der Waals surface area contributed by atoms with Crippen LogP contribution in [0.5, 0.6) is 0 Å². The van der Waals surface area contributed by atoms with Gasteiger partial charge >= 0.3 is 0 Å². The van der Waals surface area contributed by atoms with Crippen LogP contribution in [0.15, 0.2) is 22.8 Å². The maximum Gasteiger partial charge on any atom is 0.133 e. The van der Waals surface area contributed by atoms with Crippen molar-refractivity contribution in [3.8, 4) is 0 Å². The first-order valence-corrected chi connectivity index (χ1v) is 6.22. The van der Waals surface area contributed by atoms with E-state index in [1.807, 2.05) is 12.1 Å². The van der Waals surface area contributed by atoms with Gasteiger partial charge in [-0.15, -0.1) is 0 Å². The number of rotatable bonds is 6. The molecular weight excluding hydrogens is 202 g/mol. The third-order valence-electron chi connectivity index (χ3n) is 4.02. The normalized spacial score (nSPS) is 24.3. The molecule has 88 valence electrons. The van der Waals surface area contributed by atoms with Crippen LogP contribution in [0.3, 0.4) is 0 Å². The average molecular weight is 221 g/mol. The fraction of sp³-hybridized carbons (Fsp3) is 0.692. The van der Waals surface area contributed by atoms with Crippen molar-refractivity contribution in [2.24, 2.45) is 11.3 Å². The van der Waals surface area contributed by atoms with Gasteiger partial charge in [0.15, 0.2) is 0 Å². The third kappa shape index (κ3) is 2.02. The first-order chi connectivity index (χ1) is 7.80. The lowest BCUT2D eigenvalue weighted by Crippen LogP contribution is -2.29. The van der Waals surface area contributed by atoms with Gasteiger partial charge in [0.05, 0.1) is 6.26 Å². The number of aliphatic hydroxyl groups is 1. The van der Waals surface area contributed by atoms with Crippen LogP contribution in [0.4, 0.5) is 0 Å². The van der Waals surface area contributed by atoms with E-state index in [4.69, 9.17) is 4.42 Å². The topological polar surface area (TPSA) is 45.4 Å². The molecule has 0 aromatic carbocycles. The van der Waals surface area contributed by atoms with Crippen molar-refractivity contribution in [2.45, 2.75) is 31.8 Å². The lowest BCUT2D eigenvalue weighted by Gasteiger charge is -2.16. The van der Waals surface area contributed by atoms with Gasteiger partial charge in [0, 0.05) is 13.1 Å². The highest BCUT2D eigenvalue weighted by Gasteiger charge is 2.53. The van der Waals surface area contributed by atoms with Gasteiger partial charge < -0.3 is 14.8 Å². The zero-order valence-electron chi connectivity index (χ0n) is 9.48. The first kappa shape index (κ1) is 10.4. The van der Waals surface area contributed by atoms with Gasteiger partial charge in [-0.05, 0) is 49.1 Å². The van der Waals surface area contributed by atoms with E-state index in [0.29, 0.717) is 17.7 Å². The van der Waals surface area contributed by atoms with Crippen LogP contribution in [0.2, 0.25) is 0 Å². The van der Waals surface area contributed by atoms with E-state index in [2.05, 4.69) is 5.32 Å². The highest BCUT2D eigenvalue weighted by Crippen LogP contribution is 2.60. The first-order valence-electron chi connectivity index (χ1n) is 6.22. The second-order valence-corrected chi connectivity index (χ2v) is 5.30. The van der Waals surface area contributed by atoms with Crippen molar-refractivity contribution in [2.75, 3.05) is 13.1 Å². The minimum absolute atomic E-state index is 0.509. The van der Waals surface area contributed by atoms with Crippen LogP contribution < -0.4 is 5.32 Å². The Bertz CT molecular complexity index is 339. The zero-order chi connectivity index (χ0) is 11.0. The highest BCUT2D eigenvalue weighted by molar-refractivity contribution is 5.06. The second kappa shape index (κ2) is 3.90. The van der Waals surface area contributed by atoms with E-state index in [0.717, 1.165) is 12.5 Å². The molecule has 0 saturated heterocycles. The van der Waals surface area contributed by atoms with E-state index in [-0.39, 0.29) is 0 Å². The largest absolute Gasteiger partial charge is 0.467 e. The smallest absolute Gasteiger partial charge is 0.133 e. The summed E-state index contributed by atoms with van der Waals surface area (Å²) in [6.45, 7) is 1.66. The molecular formula is C13H19NO2. The molecule has 1 aromatic rings. The van der Waals surface area contributed by atoms with Crippen LogP contribution in [0, 0.1) is 11.3 Å². The van der Waals surface area contributed by atoms with Crippen molar-refractivity contribution < 1.29 is 9.52 Å². The standard InChI is InChI=1S/C13H19NO2/c15-11(12-2-1-7-16-12)8-14-9-13(5-6-13)10-3-4-10/h1-2,7,10-11,14-15H,3-6,8-9H2. The van der Waals surface area contributed by atoms with E-state index in [9.17, 15) is 5.11 Å². The Hall–Kier alpha value is -0.800. The number of aliphatic hydroxyl groups excluding tert-OH is 1. The highest BCUT2D eigenvalue weighted by atomic mass is 16.4. The van der Waals surface area contributed by atoms with E-state index >= 15 is 0 Å². The van der Waals surface area contributed by atoms with Crippen molar-refractivity contribution in [1.29, 1.82) is 0 Å². The molecule has 0 spiro atoms. The van der Waals surface area contributed by atoms with Gasteiger partial charge in [-0.1, -0.05) is 0 Å². The summed E-state index contributed by atoms with van der Waals surface area (Å²) < 4.78 is 5.16. The Morgan fingerprint density at radius 1 is 1.50 bits per heavy atom. The summed E-state index contributed by atoms with van der Waals surface area (Å²) in [5.41, 5.74) is 0.600. The summed E-state index contributed by atoms with van der Waals surface area (Å²) >= 11 is 0. The zero-order valence-corrected chi connectivity index (χ0v) is 9.48. The molecule has 0 amide bonds. The number of hydrogen-bond donors (Lipinski definition) is 2. The molecule has 0 radical (unpaired) electrons. The summed E-state index contributed by atoms with van der Waals surface area (Å²) in [4.78, 5) is 0. The number of nitrogens with one attached hydrogen (secondary N) is 1. The van der Waals surface area contributed by atoms with Crippen LogP contribution >= 0.6 is 0 Å². The van der Waals surface area contributed by atoms with Gasteiger partial charge in [-0.25, -0.2) is 0 Å². The van der Waals surface area contributed by atoms with Crippen molar-refractivity contribution in [3.05, 3.63) is 24.2 Å². The minimum atomic E-state index is -0.509. The molecule has 3 heteroatoms. The maximum absolute atomic E-state index is 9.82. The van der Waals surface area contributed by atoms with Gasteiger partial charge in [0.1, 0.15) is 11.9 Å². The predicted octanol–water partition coefficient (Wildman–Crippen LogP) is 2.09. The van der Waals surface area contributed by atoms with Crippen LogP contribution in [-0.2, 0) is 0 Å². The van der Waals surface area contributed by atoms with Crippen LogP contribution in [0.1, 0.15) is 37.5 Å². The Morgan fingerprint density at radius 3 is 2.88 bits per heavy atom. The summed E-state index contributed by atoms with van der Waals surface area (Å²) in [6, 6.07) is 3.63. The molecule has 1 atom stereocenters. The molecule has 2 N–H and O–H groups in total. The average Bonchev–Trinajstić information content (AvgIpc) is 3.18. The summed E-state index contributed by atoms with van der Waals surface area (Å²) in [5, 5.41) is 13.2. The van der Waals surface area contributed by atoms with Crippen molar-refractivity contribution >= 4 is 0 Å². The van der Waals surface area contributed by atoms with Gasteiger partial charge in [-0.3, -0.25) is 0 Å². The minimum Gasteiger partial charge on any atom is -0.467 e. The van der Waals surface area contributed by atoms with Crippen molar-refractivity contribution in [1.82, 2.24) is 5.32 Å². The van der Waals surface area contributed by atoms with Crippen LogP contribution in [0.25, 0.3) is 0 Å². The summed E-state index contributed by atoms with van der Waals surface area (Å²) in [5.74, 6) is 1.63. The molecule has 2 fully saturated rings. The number of furan rings is 1. The molecule has 0 aliphatic heterocycles. The van der Waals surface area contributed by atoms with E-state index in [1.54, 1.807) is 6.26 Å². The fourth-order valence-electron chi connectivity index (χ4n) is 2.62. The quantitative estimate of drug-likeness (QED) is 0.773. The van der Waals surface area contributed by atoms with Gasteiger partial charge in [0.2, 0.25) is 0 Å². The van der Waals surface area contributed by atoms with Gasteiger partial charge in [0.25, 0.3) is 0 Å². The molecule has 1 unspecified atom stereocenters. The predicted molar refractivity (Wildman–Crippen MR) is 60.9 cm³/mol. The van der Waals surface area contributed by atoms with Crippen LogP contribution in [-0.4, -0.2) is 18.2 Å². The molecule has 2 aliphatic rings. The van der Waals surface area contributed by atoms with Gasteiger partial charge in [-0.2, -0.15) is 0 Å². The van der Waals surface area contributed by atoms with E-state index in [1.165, 1.54) is 25.7 Å². The lowest BCUT2D eigenvalue weighted by molar-refractivity contribution is 0.144. The Kier molecular flexibility index (Phi) is 2.52. The monoisotopic (exact) mass is 221 g/mol. The molecule has 3 nitrogen and oxygen atoms in total. The Balaban J connectivity index is 1.43. The molecule has 1 aromatic heterocycles. The second-order valence-electron chi connectivity index (χ2n) is 5.30. The molecule has 2 aliphatic carbocycles. The lowest BCUT2D eigenvalue weighted by atomic mass is 10.0. The number of hydrogen-bond acceptors (Lipinski definition) is 3. The summed E-state index contributed by atoms with van der Waals surface area (Å²) in [7, 11) is 0. The molecule has 1 heterocycles. The molecule has 0 bridgehead atoms. The SMILES string of the molecule is OC(CNCC1(C2CC2)CC1)c1ccco1. The van der Waals surface area contributed by atoms with E-state index < -0.39 is 6.10 Å². The molecule has 2 saturated carbocycles. The fourth-order valence-corrected chi connectivity index (χ4v) is 2.62. The Labute approximate surface area is 95.8 Å².